The third-order valence-corrected chi connectivity index (χ3v) is 2.60. The predicted octanol–water partition coefficient (Wildman–Crippen LogP) is 2.38. The molecule has 0 aliphatic carbocycles. The number of rotatable bonds is 5. The van der Waals surface area contributed by atoms with E-state index < -0.39 is 0 Å². The molecule has 5 heteroatoms. The second-order valence-electron chi connectivity index (χ2n) is 4.12. The molecule has 0 fully saturated rings. The highest BCUT2D eigenvalue weighted by atomic mass is 19.1. The van der Waals surface area contributed by atoms with Crippen molar-refractivity contribution in [3.05, 3.63) is 41.8 Å². The molecular weight excluding hydrogens is 233 g/mol. The molecule has 96 valence electrons. The van der Waals surface area contributed by atoms with Crippen LogP contribution < -0.4 is 10.5 Å². The minimum Gasteiger partial charge on any atom is -0.493 e. The summed E-state index contributed by atoms with van der Waals surface area (Å²) in [5, 5.41) is 4.07. The van der Waals surface area contributed by atoms with Crippen LogP contribution in [-0.2, 0) is 6.54 Å². The van der Waals surface area contributed by atoms with Gasteiger partial charge in [-0.1, -0.05) is 6.07 Å². The van der Waals surface area contributed by atoms with Crippen molar-refractivity contribution in [3.63, 3.8) is 0 Å². The molecule has 0 aliphatic rings. The van der Waals surface area contributed by atoms with Crippen molar-refractivity contribution in [2.45, 2.75) is 19.9 Å². The summed E-state index contributed by atoms with van der Waals surface area (Å²) in [4.78, 5) is 0. The summed E-state index contributed by atoms with van der Waals surface area (Å²) >= 11 is 0. The summed E-state index contributed by atoms with van der Waals surface area (Å²) in [7, 11) is 0. The number of ether oxygens (including phenoxy) is 1. The zero-order valence-corrected chi connectivity index (χ0v) is 10.3. The van der Waals surface area contributed by atoms with Gasteiger partial charge in [-0.25, -0.2) is 4.39 Å². The number of benzene rings is 1. The molecule has 0 saturated heterocycles. The van der Waals surface area contributed by atoms with E-state index in [9.17, 15) is 4.39 Å². The van der Waals surface area contributed by atoms with Gasteiger partial charge in [0.2, 0.25) is 0 Å². The lowest BCUT2D eigenvalue weighted by molar-refractivity contribution is 0.295. The molecular formula is C13H16FN3O. The third-order valence-electron chi connectivity index (χ3n) is 2.60. The minimum absolute atomic E-state index is 0.282. The Kier molecular flexibility index (Phi) is 3.82. The van der Waals surface area contributed by atoms with Gasteiger partial charge < -0.3 is 10.5 Å². The first-order chi connectivity index (χ1) is 8.65. The third kappa shape index (κ3) is 3.23. The molecule has 2 rings (SSSR count). The summed E-state index contributed by atoms with van der Waals surface area (Å²) in [5.74, 6) is 0.822. The Labute approximate surface area is 105 Å². The molecule has 4 nitrogen and oxygen atoms in total. The molecule has 0 amide bonds. The molecule has 2 aromatic rings. The minimum atomic E-state index is -0.282. The van der Waals surface area contributed by atoms with E-state index in [4.69, 9.17) is 10.5 Å². The Morgan fingerprint density at radius 2 is 2.22 bits per heavy atom. The van der Waals surface area contributed by atoms with Crippen LogP contribution in [0.25, 0.3) is 0 Å². The van der Waals surface area contributed by atoms with Crippen LogP contribution in [0, 0.1) is 12.7 Å². The second kappa shape index (κ2) is 5.53. The maximum Gasteiger partial charge on any atom is 0.145 e. The quantitative estimate of drug-likeness (QED) is 0.828. The number of hydrogen-bond acceptors (Lipinski definition) is 3. The topological polar surface area (TPSA) is 53.1 Å². The highest BCUT2D eigenvalue weighted by Crippen LogP contribution is 2.18. The van der Waals surface area contributed by atoms with Gasteiger partial charge in [0.1, 0.15) is 17.4 Å². The standard InChI is InChI=1S/C13H16FN3O/c1-10-3-4-11(14)9-12(10)18-8-2-6-17-7-5-13(15)16-17/h3-5,7,9H,2,6,8H2,1H3,(H2,15,16). The van der Waals surface area contributed by atoms with Gasteiger partial charge in [0, 0.05) is 25.2 Å². The number of nitrogens with zero attached hydrogens (tertiary/aromatic N) is 2. The summed E-state index contributed by atoms with van der Waals surface area (Å²) in [6.07, 6.45) is 2.61. The number of hydrogen-bond donors (Lipinski definition) is 1. The first kappa shape index (κ1) is 12.4. The van der Waals surface area contributed by atoms with Crippen molar-refractivity contribution < 1.29 is 9.13 Å². The second-order valence-corrected chi connectivity index (χ2v) is 4.12. The van der Waals surface area contributed by atoms with Gasteiger partial charge in [0.25, 0.3) is 0 Å². The first-order valence-electron chi connectivity index (χ1n) is 5.83. The number of nitrogen functional groups attached to an aromatic ring is 1. The fourth-order valence-corrected chi connectivity index (χ4v) is 1.64. The molecule has 18 heavy (non-hydrogen) atoms. The van der Waals surface area contributed by atoms with E-state index in [1.807, 2.05) is 13.1 Å². The van der Waals surface area contributed by atoms with Crippen LogP contribution in [0.1, 0.15) is 12.0 Å². The van der Waals surface area contributed by atoms with Crippen molar-refractivity contribution in [2.24, 2.45) is 0 Å². The molecule has 1 aromatic heterocycles. The van der Waals surface area contributed by atoms with Crippen molar-refractivity contribution in [1.82, 2.24) is 9.78 Å². The van der Waals surface area contributed by atoms with E-state index in [0.717, 1.165) is 18.5 Å². The van der Waals surface area contributed by atoms with Crippen LogP contribution >= 0.6 is 0 Å². The molecule has 0 atom stereocenters. The van der Waals surface area contributed by atoms with E-state index in [2.05, 4.69) is 5.10 Å². The smallest absolute Gasteiger partial charge is 0.145 e. The summed E-state index contributed by atoms with van der Waals surface area (Å²) < 4.78 is 20.3. The SMILES string of the molecule is Cc1ccc(F)cc1OCCCn1ccc(N)n1. The van der Waals surface area contributed by atoms with E-state index in [1.54, 1.807) is 16.8 Å². The number of halogens is 1. The van der Waals surface area contributed by atoms with Crippen LogP contribution in [0.3, 0.4) is 0 Å². The predicted molar refractivity (Wildman–Crippen MR) is 67.9 cm³/mol. The van der Waals surface area contributed by atoms with Crippen molar-refractivity contribution in [2.75, 3.05) is 12.3 Å². The molecule has 0 saturated carbocycles. The van der Waals surface area contributed by atoms with Gasteiger partial charge in [-0.3, -0.25) is 4.68 Å². The van der Waals surface area contributed by atoms with Crippen molar-refractivity contribution >= 4 is 5.82 Å². The Morgan fingerprint density at radius 1 is 1.39 bits per heavy atom. The summed E-state index contributed by atoms with van der Waals surface area (Å²) in [6, 6.07) is 6.28. The summed E-state index contributed by atoms with van der Waals surface area (Å²) in [6.45, 7) is 3.14. The highest BCUT2D eigenvalue weighted by Gasteiger charge is 2.01. The van der Waals surface area contributed by atoms with Crippen LogP contribution in [0.15, 0.2) is 30.5 Å². The lowest BCUT2D eigenvalue weighted by Crippen LogP contribution is -2.06. The number of aromatic nitrogens is 2. The lowest BCUT2D eigenvalue weighted by Gasteiger charge is -2.09. The zero-order chi connectivity index (χ0) is 13.0. The highest BCUT2D eigenvalue weighted by molar-refractivity contribution is 5.32. The first-order valence-corrected chi connectivity index (χ1v) is 5.83. The molecule has 0 unspecified atom stereocenters. The Hall–Kier alpha value is -2.04. The Balaban J connectivity index is 1.80. The maximum absolute atomic E-state index is 13.0. The largest absolute Gasteiger partial charge is 0.493 e. The van der Waals surface area contributed by atoms with Crippen molar-refractivity contribution in [1.29, 1.82) is 0 Å². The van der Waals surface area contributed by atoms with Gasteiger partial charge in [-0.2, -0.15) is 5.10 Å². The van der Waals surface area contributed by atoms with Gasteiger partial charge in [-0.05, 0) is 24.6 Å². The van der Waals surface area contributed by atoms with Crippen LogP contribution in [0.2, 0.25) is 0 Å². The average molecular weight is 249 g/mol. The van der Waals surface area contributed by atoms with Crippen LogP contribution in [0.4, 0.5) is 10.2 Å². The number of anilines is 1. The van der Waals surface area contributed by atoms with Crippen molar-refractivity contribution in [3.8, 4) is 5.75 Å². The van der Waals surface area contributed by atoms with E-state index in [-0.39, 0.29) is 5.82 Å². The lowest BCUT2D eigenvalue weighted by atomic mass is 10.2. The fraction of sp³-hybridized carbons (Fsp3) is 0.308. The zero-order valence-electron chi connectivity index (χ0n) is 10.3. The van der Waals surface area contributed by atoms with Gasteiger partial charge in [0.15, 0.2) is 0 Å². The summed E-state index contributed by atoms with van der Waals surface area (Å²) in [5.41, 5.74) is 6.44. The molecule has 0 radical (unpaired) electrons. The van der Waals surface area contributed by atoms with E-state index >= 15 is 0 Å². The van der Waals surface area contributed by atoms with E-state index in [0.29, 0.717) is 18.2 Å². The Bertz CT molecular complexity index is 525. The normalized spacial score (nSPS) is 10.6. The maximum atomic E-state index is 13.0. The molecule has 1 aromatic carbocycles. The number of aryl methyl sites for hydroxylation is 2. The fourth-order valence-electron chi connectivity index (χ4n) is 1.64. The Morgan fingerprint density at radius 3 is 2.94 bits per heavy atom. The van der Waals surface area contributed by atoms with Gasteiger partial charge in [0.05, 0.1) is 6.61 Å². The molecule has 0 aliphatic heterocycles. The average Bonchev–Trinajstić information content (AvgIpc) is 2.75. The van der Waals surface area contributed by atoms with Crippen LogP contribution in [-0.4, -0.2) is 16.4 Å². The molecule has 0 spiro atoms. The monoisotopic (exact) mass is 249 g/mol. The number of nitrogens with two attached hydrogens (primary N) is 1. The van der Waals surface area contributed by atoms with E-state index in [1.165, 1.54) is 12.1 Å². The molecule has 1 heterocycles. The van der Waals surface area contributed by atoms with Crippen LogP contribution in [0.5, 0.6) is 5.75 Å². The van der Waals surface area contributed by atoms with Gasteiger partial charge in [-0.15, -0.1) is 0 Å². The van der Waals surface area contributed by atoms with Gasteiger partial charge >= 0.3 is 0 Å². The molecule has 0 bridgehead atoms. The molecule has 2 N–H and O–H groups in total.